The molecule has 2 aromatic carbocycles. The van der Waals surface area contributed by atoms with E-state index in [0.717, 1.165) is 11.1 Å². The number of nitrogens with one attached hydrogen (secondary N) is 1. The molecule has 2 aliphatic heterocycles. The minimum absolute atomic E-state index is 0. The van der Waals surface area contributed by atoms with Crippen LogP contribution in [0, 0.1) is 5.41 Å². The van der Waals surface area contributed by atoms with Crippen LogP contribution in [0.3, 0.4) is 0 Å². The van der Waals surface area contributed by atoms with Gasteiger partial charge in [-0.2, -0.15) is 0 Å². The number of carbonyl (C=O) groups excluding carboxylic acids is 1. The number of Topliss-reactive ketones (excluding diaryl/α,β-unsaturated/α-hetero) is 1. The molecule has 1 saturated heterocycles. The van der Waals surface area contributed by atoms with Crippen molar-refractivity contribution < 1.29 is 24.5 Å². The van der Waals surface area contributed by atoms with Gasteiger partial charge in [-0.3, -0.25) is 10.2 Å². The second-order valence-electron chi connectivity index (χ2n) is 9.99. The Morgan fingerprint density at radius 2 is 1.91 bits per heavy atom. The Morgan fingerprint density at radius 3 is 2.57 bits per heavy atom. The Bertz CT molecular complexity index is 1140. The second-order valence-corrected chi connectivity index (χ2v) is 9.99. The molecule has 2 aliphatic rings. The molecule has 35 heavy (non-hydrogen) atoms. The molecule has 9 heteroatoms. The highest BCUT2D eigenvalue weighted by molar-refractivity contribution is 8.93. The zero-order chi connectivity index (χ0) is 24.6. The van der Waals surface area contributed by atoms with E-state index in [-0.39, 0.29) is 47.8 Å². The highest BCUT2D eigenvalue weighted by atomic mass is 79.9. The number of carboxylic acid groups (broad SMARTS) is 1. The quantitative estimate of drug-likeness (QED) is 0.451. The van der Waals surface area contributed by atoms with Crippen molar-refractivity contribution in [2.24, 2.45) is 0 Å². The van der Waals surface area contributed by atoms with Crippen LogP contribution in [0.2, 0.25) is 0 Å². The van der Waals surface area contributed by atoms with E-state index < -0.39 is 11.4 Å². The molecular weight excluding hydrogens is 514 g/mol. The van der Waals surface area contributed by atoms with Gasteiger partial charge in [0, 0.05) is 36.3 Å². The number of ketones is 1. The van der Waals surface area contributed by atoms with E-state index in [0.29, 0.717) is 48.7 Å². The highest BCUT2D eigenvalue weighted by Crippen LogP contribution is 2.40. The summed E-state index contributed by atoms with van der Waals surface area (Å²) in [7, 11) is 0. The van der Waals surface area contributed by atoms with Gasteiger partial charge in [-0.1, -0.05) is 45.0 Å². The summed E-state index contributed by atoms with van der Waals surface area (Å²) in [6.07, 6.45) is 0.385. The van der Waals surface area contributed by atoms with Crippen molar-refractivity contribution in [2.75, 3.05) is 31.1 Å². The number of hydrogen-bond acceptors (Lipinski definition) is 6. The number of amidine groups is 1. The number of aromatic hydroxyl groups is 1. The summed E-state index contributed by atoms with van der Waals surface area (Å²) in [5.41, 5.74) is 3.19. The van der Waals surface area contributed by atoms with Gasteiger partial charge in [0.2, 0.25) is 0 Å². The van der Waals surface area contributed by atoms with Crippen LogP contribution in [-0.2, 0) is 21.5 Å². The van der Waals surface area contributed by atoms with E-state index in [1.807, 2.05) is 49.9 Å². The topological polar surface area (TPSA) is 114 Å². The van der Waals surface area contributed by atoms with Gasteiger partial charge in [0.1, 0.15) is 18.2 Å². The molecule has 1 unspecified atom stereocenters. The average Bonchev–Trinajstić information content (AvgIpc) is 3.36. The maximum Gasteiger partial charge on any atom is 0.329 e. The van der Waals surface area contributed by atoms with Gasteiger partial charge in [0.05, 0.1) is 18.3 Å². The molecule has 0 aromatic heterocycles. The molecule has 1 fully saturated rings. The molecule has 0 aliphatic carbocycles. The third-order valence-electron chi connectivity index (χ3n) is 6.43. The summed E-state index contributed by atoms with van der Waals surface area (Å²) >= 11 is 0. The normalized spacial score (nSPS) is 17.3. The van der Waals surface area contributed by atoms with Gasteiger partial charge < -0.3 is 24.7 Å². The maximum absolute atomic E-state index is 13.4. The van der Waals surface area contributed by atoms with Crippen LogP contribution in [0.25, 0.3) is 0 Å². The average molecular weight is 546 g/mol. The highest BCUT2D eigenvalue weighted by Gasteiger charge is 2.31. The number of benzene rings is 2. The molecule has 4 rings (SSSR count). The largest absolute Gasteiger partial charge is 0.505 e. The summed E-state index contributed by atoms with van der Waals surface area (Å²) in [6.45, 7) is 7.21. The monoisotopic (exact) mass is 545 g/mol. The number of nitrogens with zero attached hydrogens (tertiary/aromatic N) is 2. The number of rotatable bonds is 7. The molecule has 0 spiro atoms. The Hall–Kier alpha value is -2.91. The minimum Gasteiger partial charge on any atom is -0.505 e. The first-order chi connectivity index (χ1) is 16.0. The molecule has 0 radical (unpaired) electrons. The summed E-state index contributed by atoms with van der Waals surface area (Å²) in [5, 5.41) is 28.4. The van der Waals surface area contributed by atoms with Gasteiger partial charge in [-0.15, -0.1) is 17.0 Å². The third kappa shape index (κ3) is 5.67. The number of phenolic OH excluding ortho intramolecular Hbond substituents is 1. The number of halogens is 1. The van der Waals surface area contributed by atoms with E-state index in [2.05, 4.69) is 0 Å². The van der Waals surface area contributed by atoms with Crippen molar-refractivity contribution >= 4 is 40.3 Å². The fraction of sp³-hybridized carbons (Fsp3) is 0.423. The number of aliphatic carboxylic acids is 1. The van der Waals surface area contributed by atoms with Crippen molar-refractivity contribution in [3.63, 3.8) is 0 Å². The predicted octanol–water partition coefficient (Wildman–Crippen LogP) is 3.97. The molecule has 0 bridgehead atoms. The van der Waals surface area contributed by atoms with E-state index in [1.54, 1.807) is 17.0 Å². The van der Waals surface area contributed by atoms with Crippen LogP contribution in [0.1, 0.15) is 54.2 Å². The first-order valence-electron chi connectivity index (χ1n) is 11.5. The van der Waals surface area contributed by atoms with Crippen molar-refractivity contribution in [1.29, 1.82) is 5.41 Å². The zero-order valence-corrected chi connectivity index (χ0v) is 21.9. The maximum atomic E-state index is 13.4. The van der Waals surface area contributed by atoms with Crippen LogP contribution in [0.5, 0.6) is 5.75 Å². The van der Waals surface area contributed by atoms with Crippen molar-refractivity contribution in [3.05, 3.63) is 58.7 Å². The number of phenols is 1. The van der Waals surface area contributed by atoms with E-state index in [9.17, 15) is 14.7 Å². The lowest BCUT2D eigenvalue weighted by Crippen LogP contribution is -2.31. The van der Waals surface area contributed by atoms with Gasteiger partial charge in [0.15, 0.2) is 5.78 Å². The molecule has 1 atom stereocenters. The molecular formula is C26H32BrN3O5. The van der Waals surface area contributed by atoms with E-state index >= 15 is 0 Å². The van der Waals surface area contributed by atoms with Gasteiger partial charge in [0.25, 0.3) is 0 Å². The Balaban J connectivity index is 0.00000342. The fourth-order valence-corrected chi connectivity index (χ4v) is 4.61. The lowest BCUT2D eigenvalue weighted by Gasteiger charge is -2.27. The second kappa shape index (κ2) is 10.4. The van der Waals surface area contributed by atoms with Crippen molar-refractivity contribution in [1.82, 2.24) is 4.90 Å². The van der Waals surface area contributed by atoms with Crippen molar-refractivity contribution in [2.45, 2.75) is 45.3 Å². The molecule has 8 nitrogen and oxygen atoms in total. The summed E-state index contributed by atoms with van der Waals surface area (Å²) in [4.78, 5) is 27.9. The molecule has 3 N–H and O–H groups in total. The molecule has 0 amide bonds. The fourth-order valence-electron chi connectivity index (χ4n) is 4.61. The van der Waals surface area contributed by atoms with Crippen LogP contribution >= 0.6 is 17.0 Å². The first-order valence-corrected chi connectivity index (χ1v) is 11.5. The van der Waals surface area contributed by atoms with Gasteiger partial charge in [-0.25, -0.2) is 4.79 Å². The Labute approximate surface area is 215 Å². The SMILES string of the molecule is Br.CC(C)(C)c1cc(C(=O)CN2Cc3ccccc3C2=N)cc(N2CCC(OCC(=O)O)C2)c1O. The summed E-state index contributed by atoms with van der Waals surface area (Å²) in [5.74, 6) is -0.665. The lowest BCUT2D eigenvalue weighted by molar-refractivity contribution is -0.143. The third-order valence-corrected chi connectivity index (χ3v) is 6.43. The number of anilines is 1. The Morgan fingerprint density at radius 1 is 1.20 bits per heavy atom. The lowest BCUT2D eigenvalue weighted by atomic mass is 9.84. The molecule has 0 saturated carbocycles. The number of fused-ring (bicyclic) bond motifs is 1. The van der Waals surface area contributed by atoms with Crippen molar-refractivity contribution in [3.8, 4) is 5.75 Å². The zero-order valence-electron chi connectivity index (χ0n) is 20.2. The Kier molecular flexibility index (Phi) is 7.91. The van der Waals surface area contributed by atoms with Crippen LogP contribution in [0.15, 0.2) is 36.4 Å². The molecule has 2 aromatic rings. The van der Waals surface area contributed by atoms with Gasteiger partial charge >= 0.3 is 5.97 Å². The van der Waals surface area contributed by atoms with Crippen LogP contribution < -0.4 is 4.90 Å². The van der Waals surface area contributed by atoms with E-state index in [1.165, 1.54) is 0 Å². The number of ether oxygens (including phenoxy) is 1. The van der Waals surface area contributed by atoms with E-state index in [4.69, 9.17) is 15.3 Å². The van der Waals surface area contributed by atoms with Crippen LogP contribution in [-0.4, -0.2) is 65.0 Å². The molecule has 2 heterocycles. The van der Waals surface area contributed by atoms with Gasteiger partial charge in [-0.05, 0) is 29.5 Å². The molecule has 188 valence electrons. The number of hydrogen-bond donors (Lipinski definition) is 3. The standard InChI is InChI=1S/C26H31N3O5.BrH/c1-26(2,3)20-10-17(22(30)14-29-12-16-6-4-5-7-19(16)25(29)27)11-21(24(20)33)28-9-8-18(13-28)34-15-23(31)32;/h4-7,10-11,18,27,33H,8-9,12-15H2,1-3H3,(H,31,32);1H. The predicted molar refractivity (Wildman–Crippen MR) is 139 cm³/mol. The number of carboxylic acids is 1. The summed E-state index contributed by atoms with van der Waals surface area (Å²) < 4.78 is 5.44. The first kappa shape index (κ1) is 26.7. The smallest absolute Gasteiger partial charge is 0.329 e. The number of carbonyl (C=O) groups is 2. The van der Waals surface area contributed by atoms with Crippen LogP contribution in [0.4, 0.5) is 5.69 Å². The minimum atomic E-state index is -1.02. The summed E-state index contributed by atoms with van der Waals surface area (Å²) in [6, 6.07) is 11.2.